The molecule has 0 radical (unpaired) electrons. The van der Waals surface area contributed by atoms with Crippen LogP contribution in [0.4, 0.5) is 0 Å². The smallest absolute Gasteiger partial charge is 0.291 e. The first-order chi connectivity index (χ1) is 11.7. The average Bonchev–Trinajstić information content (AvgIpc) is 3.19. The zero-order valence-electron chi connectivity index (χ0n) is 13.4. The Morgan fingerprint density at radius 3 is 3.08 bits per heavy atom. The lowest BCUT2D eigenvalue weighted by atomic mass is 9.97. The molecule has 1 aliphatic rings. The van der Waals surface area contributed by atoms with Crippen LogP contribution in [0, 0.1) is 0 Å². The Bertz CT molecular complexity index is 912. The van der Waals surface area contributed by atoms with Crippen molar-refractivity contribution in [3.8, 4) is 0 Å². The van der Waals surface area contributed by atoms with E-state index in [9.17, 15) is 9.90 Å². The maximum absolute atomic E-state index is 12.3. The maximum Gasteiger partial charge on any atom is 0.291 e. The summed E-state index contributed by atoms with van der Waals surface area (Å²) in [5, 5.41) is 17.3. The number of nitrogens with one attached hydrogen (secondary N) is 1. The van der Waals surface area contributed by atoms with Gasteiger partial charge in [-0.25, -0.2) is 14.5 Å². The fourth-order valence-electron chi connectivity index (χ4n) is 3.18. The van der Waals surface area contributed by atoms with E-state index >= 15 is 0 Å². The number of carbonyl (C=O) groups is 1. The van der Waals surface area contributed by atoms with Gasteiger partial charge in [-0.1, -0.05) is 6.92 Å². The highest BCUT2D eigenvalue weighted by molar-refractivity contribution is 7.19. The van der Waals surface area contributed by atoms with Gasteiger partial charge in [0.2, 0.25) is 5.82 Å². The second-order valence-corrected chi connectivity index (χ2v) is 7.18. The van der Waals surface area contributed by atoms with Crippen molar-refractivity contribution >= 4 is 33.1 Å². The van der Waals surface area contributed by atoms with E-state index in [4.69, 9.17) is 0 Å². The Kier molecular flexibility index (Phi) is 3.93. The molecule has 4 rings (SSSR count). The summed E-state index contributed by atoms with van der Waals surface area (Å²) in [4.78, 5) is 23.6. The molecular weight excluding hydrogens is 326 g/mol. The van der Waals surface area contributed by atoms with Crippen LogP contribution in [0.15, 0.2) is 6.33 Å². The lowest BCUT2D eigenvalue weighted by Gasteiger charge is -2.11. The van der Waals surface area contributed by atoms with E-state index in [1.165, 1.54) is 23.3 Å². The molecule has 0 saturated heterocycles. The molecule has 2 N–H and O–H groups in total. The van der Waals surface area contributed by atoms with E-state index < -0.39 is 0 Å². The van der Waals surface area contributed by atoms with Gasteiger partial charge in [0.05, 0.1) is 18.0 Å². The molecule has 3 aromatic rings. The van der Waals surface area contributed by atoms with Gasteiger partial charge in [-0.15, -0.1) is 16.4 Å². The molecule has 1 amide bonds. The molecule has 1 aliphatic carbocycles. The van der Waals surface area contributed by atoms with Crippen molar-refractivity contribution in [1.29, 1.82) is 0 Å². The van der Waals surface area contributed by atoms with Crippen molar-refractivity contribution in [2.24, 2.45) is 0 Å². The zero-order chi connectivity index (χ0) is 16.7. The zero-order valence-corrected chi connectivity index (χ0v) is 14.3. The summed E-state index contributed by atoms with van der Waals surface area (Å²) >= 11 is 1.72. The van der Waals surface area contributed by atoms with Crippen LogP contribution in [0.1, 0.15) is 47.2 Å². The van der Waals surface area contributed by atoms with Crippen molar-refractivity contribution in [2.75, 3.05) is 6.61 Å². The Balaban J connectivity index is 1.79. The number of thiophene rings is 1. The summed E-state index contributed by atoms with van der Waals surface area (Å²) in [7, 11) is 0. The molecule has 8 heteroatoms. The summed E-state index contributed by atoms with van der Waals surface area (Å²) < 4.78 is 1.58. The third kappa shape index (κ3) is 2.46. The van der Waals surface area contributed by atoms with Crippen LogP contribution < -0.4 is 5.32 Å². The topological polar surface area (TPSA) is 92.4 Å². The molecule has 0 aromatic carbocycles. The second-order valence-electron chi connectivity index (χ2n) is 6.10. The van der Waals surface area contributed by atoms with E-state index in [1.807, 2.05) is 6.92 Å². The van der Waals surface area contributed by atoms with Crippen LogP contribution in [0.3, 0.4) is 0 Å². The van der Waals surface area contributed by atoms with Crippen LogP contribution in [-0.2, 0) is 12.8 Å². The summed E-state index contributed by atoms with van der Waals surface area (Å²) in [6.45, 7) is 1.81. The van der Waals surface area contributed by atoms with E-state index in [2.05, 4.69) is 20.4 Å². The largest absolute Gasteiger partial charge is 0.394 e. The molecule has 3 aromatic heterocycles. The van der Waals surface area contributed by atoms with Crippen LogP contribution in [0.5, 0.6) is 0 Å². The number of hydrogen-bond donors (Lipinski definition) is 2. The van der Waals surface area contributed by atoms with Gasteiger partial charge >= 0.3 is 0 Å². The molecule has 0 unspecified atom stereocenters. The first kappa shape index (κ1) is 15.5. The standard InChI is InChI=1S/C16H19N5O2S/c1-2-9(7-22)18-15(23)13-19-14-12-10-5-3-4-6-11(10)24-16(12)17-8-21(14)20-13/h8-9,22H,2-7H2,1H3,(H,18,23)/t9-/m1/s1. The van der Waals surface area contributed by atoms with E-state index in [-0.39, 0.29) is 24.4 Å². The number of fused-ring (bicyclic) bond motifs is 5. The Morgan fingerprint density at radius 1 is 1.46 bits per heavy atom. The lowest BCUT2D eigenvalue weighted by molar-refractivity contribution is 0.0904. The van der Waals surface area contributed by atoms with Gasteiger partial charge in [-0.2, -0.15) is 0 Å². The number of nitrogens with zero attached hydrogens (tertiary/aromatic N) is 4. The maximum atomic E-state index is 12.3. The van der Waals surface area contributed by atoms with Crippen molar-refractivity contribution in [1.82, 2.24) is 24.9 Å². The molecule has 0 saturated carbocycles. The summed E-state index contributed by atoms with van der Waals surface area (Å²) in [5.41, 5.74) is 2.02. The highest BCUT2D eigenvalue weighted by Gasteiger charge is 2.22. The Hall–Kier alpha value is -2.06. The molecule has 24 heavy (non-hydrogen) atoms. The Morgan fingerprint density at radius 2 is 2.29 bits per heavy atom. The van der Waals surface area contributed by atoms with Crippen LogP contribution in [0.2, 0.25) is 0 Å². The quantitative estimate of drug-likeness (QED) is 0.751. The highest BCUT2D eigenvalue weighted by Crippen LogP contribution is 2.36. The monoisotopic (exact) mass is 345 g/mol. The summed E-state index contributed by atoms with van der Waals surface area (Å²) in [5.74, 6) is -0.246. The highest BCUT2D eigenvalue weighted by atomic mass is 32.1. The van der Waals surface area contributed by atoms with Gasteiger partial charge in [-0.3, -0.25) is 4.79 Å². The lowest BCUT2D eigenvalue weighted by Crippen LogP contribution is -2.37. The normalized spacial score (nSPS) is 15.6. The fraction of sp³-hybridized carbons (Fsp3) is 0.500. The summed E-state index contributed by atoms with van der Waals surface area (Å²) in [6.07, 6.45) is 6.80. The van der Waals surface area contributed by atoms with Gasteiger partial charge in [0.15, 0.2) is 5.65 Å². The minimum Gasteiger partial charge on any atom is -0.394 e. The number of aryl methyl sites for hydroxylation is 2. The van der Waals surface area contributed by atoms with Crippen LogP contribution in [0.25, 0.3) is 15.9 Å². The number of aliphatic hydroxyl groups is 1. The first-order valence-electron chi connectivity index (χ1n) is 8.28. The number of hydrogen-bond acceptors (Lipinski definition) is 6. The molecule has 126 valence electrons. The van der Waals surface area contributed by atoms with Gasteiger partial charge in [0.25, 0.3) is 5.91 Å². The number of amides is 1. The van der Waals surface area contributed by atoms with Crippen molar-refractivity contribution < 1.29 is 9.90 Å². The van der Waals surface area contributed by atoms with Crippen molar-refractivity contribution in [3.05, 3.63) is 22.6 Å². The third-order valence-corrected chi connectivity index (χ3v) is 5.74. The molecular formula is C16H19N5O2S. The molecule has 3 heterocycles. The number of aromatic nitrogens is 4. The predicted octanol–water partition coefficient (Wildman–Crippen LogP) is 1.72. The second kappa shape index (κ2) is 6.10. The minimum absolute atomic E-state index is 0.0978. The van der Waals surface area contributed by atoms with Gasteiger partial charge in [-0.05, 0) is 37.7 Å². The van der Waals surface area contributed by atoms with Crippen LogP contribution >= 0.6 is 11.3 Å². The first-order valence-corrected chi connectivity index (χ1v) is 9.10. The third-order valence-electron chi connectivity index (χ3n) is 4.54. The average molecular weight is 345 g/mol. The molecule has 0 spiro atoms. The number of rotatable bonds is 4. The van der Waals surface area contributed by atoms with Gasteiger partial charge in [0, 0.05) is 4.88 Å². The summed E-state index contributed by atoms with van der Waals surface area (Å²) in [6, 6.07) is -0.281. The van der Waals surface area contributed by atoms with E-state index in [0.717, 1.165) is 23.1 Å². The van der Waals surface area contributed by atoms with Gasteiger partial charge in [0.1, 0.15) is 11.2 Å². The van der Waals surface area contributed by atoms with Crippen molar-refractivity contribution in [2.45, 2.75) is 45.1 Å². The van der Waals surface area contributed by atoms with Gasteiger partial charge < -0.3 is 10.4 Å². The van der Waals surface area contributed by atoms with E-state index in [0.29, 0.717) is 12.1 Å². The SMILES string of the molecule is CC[C@H](CO)NC(=O)c1nc2c3c4c(sc3ncn2n1)CCCC4. The molecule has 7 nitrogen and oxygen atoms in total. The van der Waals surface area contributed by atoms with Crippen molar-refractivity contribution in [3.63, 3.8) is 0 Å². The molecule has 0 fully saturated rings. The van der Waals surface area contributed by atoms with E-state index in [1.54, 1.807) is 22.2 Å². The molecule has 0 aliphatic heterocycles. The predicted molar refractivity (Wildman–Crippen MR) is 91.4 cm³/mol. The molecule has 0 bridgehead atoms. The fourth-order valence-corrected chi connectivity index (χ4v) is 4.40. The van der Waals surface area contributed by atoms with Crippen LogP contribution in [-0.4, -0.2) is 43.2 Å². The number of aliphatic hydroxyl groups excluding tert-OH is 1. The Labute approximate surface area is 142 Å². The number of carbonyl (C=O) groups excluding carboxylic acids is 1. The minimum atomic E-state index is -0.364. The molecule has 1 atom stereocenters.